The number of carbonyl (C=O) groups excluding carboxylic acids is 1. The molecule has 0 bridgehead atoms. The predicted octanol–water partition coefficient (Wildman–Crippen LogP) is 4.13. The average molecular weight is 302 g/mol. The second-order valence-corrected chi connectivity index (χ2v) is 9.32. The maximum absolute atomic E-state index is 12.5. The van der Waals surface area contributed by atoms with Crippen molar-refractivity contribution in [1.29, 1.82) is 0 Å². The van der Waals surface area contributed by atoms with Crippen LogP contribution in [0.25, 0.3) is 0 Å². The number of Topliss-reactive ketones (excluding diaryl/α,β-unsaturated/α-hetero) is 1. The molecule has 22 heavy (non-hydrogen) atoms. The van der Waals surface area contributed by atoms with Crippen LogP contribution in [0.3, 0.4) is 0 Å². The molecule has 0 aromatic carbocycles. The van der Waals surface area contributed by atoms with Gasteiger partial charge in [0.2, 0.25) is 0 Å². The van der Waals surface area contributed by atoms with Crippen LogP contribution in [0, 0.1) is 34.0 Å². The van der Waals surface area contributed by atoms with Gasteiger partial charge in [0, 0.05) is 18.9 Å². The van der Waals surface area contributed by atoms with E-state index in [0.29, 0.717) is 29.6 Å². The van der Waals surface area contributed by atoms with Gasteiger partial charge in [-0.1, -0.05) is 32.4 Å². The molecule has 4 fully saturated rings. The maximum Gasteiger partial charge on any atom is 0.140 e. The van der Waals surface area contributed by atoms with Crippen molar-refractivity contribution in [3.63, 3.8) is 0 Å². The SMILES string of the molecule is C=C1C[C@]23CC[C@@H]4C(C)(CO)CCCC4(C)C2CCC(=O)[C@@H]13. The number of rotatable bonds is 1. The summed E-state index contributed by atoms with van der Waals surface area (Å²) >= 11 is 0. The third kappa shape index (κ3) is 1.58. The van der Waals surface area contributed by atoms with Crippen molar-refractivity contribution in [2.24, 2.45) is 34.0 Å². The molecule has 4 rings (SSSR count). The number of hydrogen-bond donors (Lipinski definition) is 1. The Hall–Kier alpha value is -0.630. The number of hydrogen-bond acceptors (Lipinski definition) is 2. The second kappa shape index (κ2) is 4.47. The number of aliphatic hydroxyl groups is 1. The monoisotopic (exact) mass is 302 g/mol. The summed E-state index contributed by atoms with van der Waals surface area (Å²) in [6.07, 6.45) is 8.99. The lowest BCUT2D eigenvalue weighted by molar-refractivity contribution is -0.194. The lowest BCUT2D eigenvalue weighted by Gasteiger charge is -2.70. The zero-order valence-corrected chi connectivity index (χ0v) is 14.2. The van der Waals surface area contributed by atoms with Gasteiger partial charge >= 0.3 is 0 Å². The van der Waals surface area contributed by atoms with Crippen molar-refractivity contribution in [3.8, 4) is 0 Å². The highest BCUT2D eigenvalue weighted by Crippen LogP contribution is 2.73. The van der Waals surface area contributed by atoms with E-state index in [1.807, 2.05) is 0 Å². The maximum atomic E-state index is 12.5. The van der Waals surface area contributed by atoms with Crippen molar-refractivity contribution in [2.45, 2.75) is 65.2 Å². The molecule has 122 valence electrons. The van der Waals surface area contributed by atoms with Gasteiger partial charge in [0.15, 0.2) is 0 Å². The Morgan fingerprint density at radius 3 is 2.64 bits per heavy atom. The van der Waals surface area contributed by atoms with Gasteiger partial charge in [-0.2, -0.15) is 0 Å². The van der Waals surface area contributed by atoms with Crippen LogP contribution in [0.5, 0.6) is 0 Å². The van der Waals surface area contributed by atoms with E-state index < -0.39 is 0 Å². The normalized spacial score (nSPS) is 54.0. The highest BCUT2D eigenvalue weighted by atomic mass is 16.3. The molecule has 4 aliphatic rings. The largest absolute Gasteiger partial charge is 0.396 e. The minimum atomic E-state index is 0.0896. The summed E-state index contributed by atoms with van der Waals surface area (Å²) in [6, 6.07) is 0. The van der Waals surface area contributed by atoms with Crippen LogP contribution in [0.1, 0.15) is 65.2 Å². The number of allylic oxidation sites excluding steroid dienone is 1. The fourth-order valence-corrected chi connectivity index (χ4v) is 7.60. The number of carbonyl (C=O) groups is 1. The Balaban J connectivity index is 1.75. The van der Waals surface area contributed by atoms with Crippen LogP contribution < -0.4 is 0 Å². The molecule has 4 saturated carbocycles. The summed E-state index contributed by atoms with van der Waals surface area (Å²) in [5, 5.41) is 10.0. The number of ketones is 1. The first-order valence-electron chi connectivity index (χ1n) is 9.19. The van der Waals surface area contributed by atoms with Crippen molar-refractivity contribution in [2.75, 3.05) is 6.61 Å². The first-order valence-corrected chi connectivity index (χ1v) is 9.19. The van der Waals surface area contributed by atoms with E-state index in [0.717, 1.165) is 19.3 Å². The summed E-state index contributed by atoms with van der Waals surface area (Å²) in [5.41, 5.74) is 1.85. The molecule has 0 saturated heterocycles. The Bertz CT molecular complexity index is 538. The van der Waals surface area contributed by atoms with Gasteiger partial charge in [-0.3, -0.25) is 4.79 Å². The lowest BCUT2D eigenvalue weighted by Crippen LogP contribution is -2.65. The number of fused-ring (bicyclic) bond motifs is 2. The summed E-state index contributed by atoms with van der Waals surface area (Å²) in [5.74, 6) is 1.93. The zero-order chi connectivity index (χ0) is 15.8. The van der Waals surface area contributed by atoms with E-state index in [2.05, 4.69) is 20.4 Å². The van der Waals surface area contributed by atoms with Gasteiger partial charge in [-0.25, -0.2) is 0 Å². The molecular weight excluding hydrogens is 272 g/mol. The zero-order valence-electron chi connectivity index (χ0n) is 14.2. The third-order valence-corrected chi connectivity index (χ3v) is 8.39. The topological polar surface area (TPSA) is 37.3 Å². The van der Waals surface area contributed by atoms with E-state index in [4.69, 9.17) is 0 Å². The van der Waals surface area contributed by atoms with E-state index in [1.165, 1.54) is 37.7 Å². The highest BCUT2D eigenvalue weighted by molar-refractivity contribution is 5.87. The van der Waals surface area contributed by atoms with Crippen molar-refractivity contribution < 1.29 is 9.90 Å². The molecule has 0 amide bonds. The van der Waals surface area contributed by atoms with Gasteiger partial charge in [-0.05, 0) is 66.6 Å². The molecular formula is C20H30O2. The van der Waals surface area contributed by atoms with Gasteiger partial charge < -0.3 is 5.11 Å². The molecule has 0 heterocycles. The lowest BCUT2D eigenvalue weighted by atomic mass is 9.34. The van der Waals surface area contributed by atoms with E-state index in [1.54, 1.807) is 0 Å². The first-order chi connectivity index (χ1) is 10.4. The quantitative estimate of drug-likeness (QED) is 0.740. The fraction of sp³-hybridized carbons (Fsp3) is 0.850. The Morgan fingerprint density at radius 2 is 1.95 bits per heavy atom. The molecule has 1 N–H and O–H groups in total. The first kappa shape index (κ1) is 14.9. The smallest absolute Gasteiger partial charge is 0.140 e. The fourth-order valence-electron chi connectivity index (χ4n) is 7.60. The van der Waals surface area contributed by atoms with Gasteiger partial charge in [-0.15, -0.1) is 0 Å². The van der Waals surface area contributed by atoms with Gasteiger partial charge in [0.1, 0.15) is 5.78 Å². The molecule has 1 spiro atoms. The summed E-state index contributed by atoms with van der Waals surface area (Å²) in [6.45, 7) is 9.31. The Kier molecular flexibility index (Phi) is 3.03. The highest BCUT2D eigenvalue weighted by Gasteiger charge is 2.68. The molecule has 0 aliphatic heterocycles. The third-order valence-electron chi connectivity index (χ3n) is 8.39. The molecule has 4 aliphatic carbocycles. The van der Waals surface area contributed by atoms with Crippen LogP contribution in [0.15, 0.2) is 12.2 Å². The van der Waals surface area contributed by atoms with Crippen LogP contribution in [0.4, 0.5) is 0 Å². The molecule has 2 heteroatoms. The standard InChI is InChI=1S/C20H30O2/c1-13-11-20-10-7-15-18(2,12-21)8-4-9-19(15,3)16(20)6-5-14(22)17(13)20/h15-17,21H,1,4-12H2,2-3H3/t15-,16?,17-,18?,19?,20-/m1/s1. The molecule has 0 aromatic heterocycles. The van der Waals surface area contributed by atoms with Gasteiger partial charge in [0.25, 0.3) is 0 Å². The molecule has 6 atom stereocenters. The van der Waals surface area contributed by atoms with Crippen LogP contribution in [-0.4, -0.2) is 17.5 Å². The molecule has 0 radical (unpaired) electrons. The van der Waals surface area contributed by atoms with Crippen LogP contribution in [-0.2, 0) is 4.79 Å². The summed E-state index contributed by atoms with van der Waals surface area (Å²) in [7, 11) is 0. The van der Waals surface area contributed by atoms with Gasteiger partial charge in [0.05, 0.1) is 0 Å². The minimum Gasteiger partial charge on any atom is -0.396 e. The minimum absolute atomic E-state index is 0.0896. The van der Waals surface area contributed by atoms with E-state index in [-0.39, 0.29) is 16.7 Å². The van der Waals surface area contributed by atoms with Crippen LogP contribution >= 0.6 is 0 Å². The predicted molar refractivity (Wildman–Crippen MR) is 87.3 cm³/mol. The van der Waals surface area contributed by atoms with Crippen LogP contribution in [0.2, 0.25) is 0 Å². The van der Waals surface area contributed by atoms with E-state index >= 15 is 0 Å². The van der Waals surface area contributed by atoms with Crippen molar-refractivity contribution >= 4 is 5.78 Å². The summed E-state index contributed by atoms with van der Waals surface area (Å²) < 4.78 is 0. The van der Waals surface area contributed by atoms with Crippen molar-refractivity contribution in [3.05, 3.63) is 12.2 Å². The summed E-state index contributed by atoms with van der Waals surface area (Å²) in [4.78, 5) is 12.5. The Morgan fingerprint density at radius 1 is 1.18 bits per heavy atom. The van der Waals surface area contributed by atoms with Crippen molar-refractivity contribution in [1.82, 2.24) is 0 Å². The molecule has 3 unspecified atom stereocenters. The second-order valence-electron chi connectivity index (χ2n) is 9.32. The Labute approximate surface area is 134 Å². The molecule has 0 aromatic rings. The van der Waals surface area contributed by atoms with E-state index in [9.17, 15) is 9.90 Å². The number of aliphatic hydroxyl groups excluding tert-OH is 1. The molecule has 2 nitrogen and oxygen atoms in total. The average Bonchev–Trinajstić information content (AvgIpc) is 2.45.